The Morgan fingerprint density at radius 3 is 2.53 bits per heavy atom. The van der Waals surface area contributed by atoms with Gasteiger partial charge in [0.15, 0.2) is 11.6 Å². The topological polar surface area (TPSA) is 142 Å². The first-order valence-corrected chi connectivity index (χ1v) is 12.3. The summed E-state index contributed by atoms with van der Waals surface area (Å²) in [7, 11) is 1.87. The summed E-state index contributed by atoms with van der Waals surface area (Å²) in [6, 6.07) is 2.06. The Bertz CT molecular complexity index is 1360. The van der Waals surface area contributed by atoms with E-state index in [0.29, 0.717) is 31.5 Å². The highest BCUT2D eigenvalue weighted by Gasteiger charge is 2.21. The van der Waals surface area contributed by atoms with E-state index in [2.05, 4.69) is 30.9 Å². The van der Waals surface area contributed by atoms with E-state index >= 15 is 0 Å². The Kier molecular flexibility index (Phi) is 6.93. The zero-order valence-corrected chi connectivity index (χ0v) is 20.7. The molecule has 13 heteroatoms. The van der Waals surface area contributed by atoms with Gasteiger partial charge in [-0.25, -0.2) is 35.4 Å². The number of aryl methyl sites for hydroxylation is 1. The van der Waals surface area contributed by atoms with Crippen molar-refractivity contribution in [3.8, 4) is 11.4 Å². The Morgan fingerprint density at radius 2 is 1.86 bits per heavy atom. The summed E-state index contributed by atoms with van der Waals surface area (Å²) in [6.45, 7) is 5.37. The average Bonchev–Trinajstić information content (AvgIpc) is 3.35. The molecular weight excluding hydrogens is 482 g/mol. The number of fused-ring (bicyclic) bond motifs is 1. The quantitative estimate of drug-likeness (QED) is 0.280. The number of ether oxygens (including phenoxy) is 1. The number of thiophene rings is 1. The molecule has 2 N–H and O–H groups in total. The Hall–Kier alpha value is -3.81. The maximum Gasteiger partial charge on any atom is 0.277 e. The van der Waals surface area contributed by atoms with Crippen LogP contribution in [0, 0.1) is 0 Å². The van der Waals surface area contributed by atoms with Gasteiger partial charge in [-0.2, -0.15) is 0 Å². The van der Waals surface area contributed by atoms with E-state index in [0.717, 1.165) is 51.8 Å². The molecular formula is C23H25N9O3S. The molecule has 1 aliphatic rings. The molecule has 1 aliphatic heterocycles. The van der Waals surface area contributed by atoms with Crippen molar-refractivity contribution in [1.82, 2.24) is 35.4 Å². The number of hydrogen-bond donors (Lipinski definition) is 2. The van der Waals surface area contributed by atoms with Crippen molar-refractivity contribution < 1.29 is 14.7 Å². The summed E-state index contributed by atoms with van der Waals surface area (Å²) in [5.41, 5.74) is 3.37. The molecule has 5 rings (SSSR count). The number of morpholine rings is 1. The molecule has 1 saturated heterocycles. The van der Waals surface area contributed by atoms with Gasteiger partial charge in [-0.15, -0.1) is 11.3 Å². The van der Waals surface area contributed by atoms with Crippen molar-refractivity contribution in [2.24, 2.45) is 0 Å². The predicted octanol–water partition coefficient (Wildman–Crippen LogP) is 2.09. The molecule has 0 saturated carbocycles. The summed E-state index contributed by atoms with van der Waals surface area (Å²) < 4.78 is 6.56. The van der Waals surface area contributed by atoms with Crippen LogP contribution in [0.25, 0.3) is 21.6 Å². The lowest BCUT2D eigenvalue weighted by atomic mass is 10.2. The first-order valence-electron chi connectivity index (χ1n) is 11.5. The molecule has 0 atom stereocenters. The molecule has 186 valence electrons. The highest BCUT2D eigenvalue weighted by molar-refractivity contribution is 7.19. The van der Waals surface area contributed by atoms with E-state index < -0.39 is 5.91 Å². The van der Waals surface area contributed by atoms with Crippen molar-refractivity contribution in [2.75, 3.05) is 43.2 Å². The normalized spacial score (nSPS) is 13.7. The third kappa shape index (κ3) is 4.94. The monoisotopic (exact) mass is 507 g/mol. The molecule has 0 aliphatic carbocycles. The molecule has 12 nitrogen and oxygen atoms in total. The predicted molar refractivity (Wildman–Crippen MR) is 134 cm³/mol. The fourth-order valence-electron chi connectivity index (χ4n) is 3.82. The van der Waals surface area contributed by atoms with Gasteiger partial charge in [0.1, 0.15) is 5.82 Å². The summed E-state index contributed by atoms with van der Waals surface area (Å²) in [5.74, 6) is 2.04. The van der Waals surface area contributed by atoms with Crippen LogP contribution < -0.4 is 15.3 Å². The van der Waals surface area contributed by atoms with E-state index in [1.165, 1.54) is 12.4 Å². The number of amides is 1. The van der Waals surface area contributed by atoms with Crippen LogP contribution in [0.4, 0.5) is 11.8 Å². The van der Waals surface area contributed by atoms with Crippen molar-refractivity contribution in [3.05, 3.63) is 47.1 Å². The maximum absolute atomic E-state index is 11.5. The van der Waals surface area contributed by atoms with Crippen LogP contribution in [0.1, 0.15) is 28.0 Å². The van der Waals surface area contributed by atoms with Crippen molar-refractivity contribution in [3.63, 3.8) is 0 Å². The third-order valence-corrected chi connectivity index (χ3v) is 6.84. The lowest BCUT2D eigenvalue weighted by Gasteiger charge is -2.28. The molecule has 0 unspecified atom stereocenters. The average molecular weight is 508 g/mol. The highest BCUT2D eigenvalue weighted by Crippen LogP contribution is 2.35. The Morgan fingerprint density at radius 1 is 1.14 bits per heavy atom. The molecule has 1 amide bonds. The first kappa shape index (κ1) is 23.9. The van der Waals surface area contributed by atoms with Crippen LogP contribution in [0.5, 0.6) is 0 Å². The fourth-order valence-corrected chi connectivity index (χ4v) is 4.98. The number of nitrogens with one attached hydrogen (secondary N) is 1. The van der Waals surface area contributed by atoms with Gasteiger partial charge in [0, 0.05) is 56.2 Å². The van der Waals surface area contributed by atoms with Crippen LogP contribution in [0.15, 0.2) is 30.9 Å². The second-order valence-corrected chi connectivity index (χ2v) is 9.34. The van der Waals surface area contributed by atoms with Gasteiger partial charge in [-0.1, -0.05) is 6.92 Å². The lowest BCUT2D eigenvalue weighted by Crippen LogP contribution is -2.36. The number of aromatic nitrogens is 6. The van der Waals surface area contributed by atoms with Crippen molar-refractivity contribution in [1.29, 1.82) is 0 Å². The van der Waals surface area contributed by atoms with Crippen LogP contribution in [0.3, 0.4) is 0 Å². The van der Waals surface area contributed by atoms with Crippen molar-refractivity contribution >= 4 is 39.2 Å². The third-order valence-electron chi connectivity index (χ3n) is 5.73. The number of nitrogens with zero attached hydrogens (tertiary/aromatic N) is 8. The standard InChI is InChI=1S/C23H25N9O3S/c1-3-18-24-9-14(10-25-18)20-28-17-8-16(36-19(17)21(29-20)32-4-6-35-7-5-32)13-31(2)23-26-11-15(12-27-23)22(33)30-34/h8-12,34H,3-7,13H2,1-2H3,(H,30,33). The van der Waals surface area contributed by atoms with E-state index in [1.54, 1.807) is 29.2 Å². The number of carbonyl (C=O) groups excluding carboxylic acids is 1. The lowest BCUT2D eigenvalue weighted by molar-refractivity contribution is 0.0705. The van der Waals surface area contributed by atoms with Gasteiger partial charge >= 0.3 is 0 Å². The van der Waals surface area contributed by atoms with Gasteiger partial charge in [0.2, 0.25) is 5.95 Å². The van der Waals surface area contributed by atoms with E-state index in [-0.39, 0.29) is 5.56 Å². The summed E-state index contributed by atoms with van der Waals surface area (Å²) >= 11 is 1.63. The second-order valence-electron chi connectivity index (χ2n) is 8.21. The minimum absolute atomic E-state index is 0.172. The minimum atomic E-state index is -0.659. The Balaban J connectivity index is 1.47. The van der Waals surface area contributed by atoms with Gasteiger partial charge in [-0.3, -0.25) is 10.0 Å². The summed E-state index contributed by atoms with van der Waals surface area (Å²) in [4.78, 5) is 43.8. The molecule has 36 heavy (non-hydrogen) atoms. The molecule has 5 heterocycles. The van der Waals surface area contributed by atoms with Gasteiger partial charge in [0.25, 0.3) is 5.91 Å². The molecule has 4 aromatic heterocycles. The molecule has 0 aromatic carbocycles. The van der Waals surface area contributed by atoms with E-state index in [4.69, 9.17) is 19.9 Å². The minimum Gasteiger partial charge on any atom is -0.378 e. The van der Waals surface area contributed by atoms with Crippen molar-refractivity contribution in [2.45, 2.75) is 19.9 Å². The van der Waals surface area contributed by atoms with E-state index in [9.17, 15) is 4.79 Å². The molecule has 1 fully saturated rings. The Labute approximate surface area is 211 Å². The first-order chi connectivity index (χ1) is 17.6. The number of hydroxylamine groups is 1. The van der Waals surface area contributed by atoms with Crippen LogP contribution in [-0.2, 0) is 17.7 Å². The number of carbonyl (C=O) groups is 1. The molecule has 0 spiro atoms. The summed E-state index contributed by atoms with van der Waals surface area (Å²) in [6.07, 6.45) is 7.05. The van der Waals surface area contributed by atoms with Crippen LogP contribution >= 0.6 is 11.3 Å². The van der Waals surface area contributed by atoms with Gasteiger partial charge in [0.05, 0.1) is 41.1 Å². The number of hydrogen-bond acceptors (Lipinski definition) is 12. The fraction of sp³-hybridized carbons (Fsp3) is 0.348. The van der Waals surface area contributed by atoms with Crippen LogP contribution in [0.2, 0.25) is 0 Å². The van der Waals surface area contributed by atoms with Gasteiger partial charge < -0.3 is 14.5 Å². The van der Waals surface area contributed by atoms with Gasteiger partial charge in [-0.05, 0) is 6.07 Å². The largest absolute Gasteiger partial charge is 0.378 e. The highest BCUT2D eigenvalue weighted by atomic mass is 32.1. The zero-order chi connectivity index (χ0) is 25.1. The molecule has 0 bridgehead atoms. The smallest absolute Gasteiger partial charge is 0.277 e. The second kappa shape index (κ2) is 10.4. The SMILES string of the molecule is CCc1ncc(-c2nc(N3CCOCC3)c3sc(CN(C)c4ncc(C(=O)NO)cn4)cc3n2)cn1. The van der Waals surface area contributed by atoms with Crippen LogP contribution in [-0.4, -0.2) is 74.4 Å². The van der Waals surface area contributed by atoms with E-state index in [1.807, 2.05) is 18.9 Å². The number of rotatable bonds is 7. The zero-order valence-electron chi connectivity index (χ0n) is 19.9. The summed E-state index contributed by atoms with van der Waals surface area (Å²) in [5, 5.41) is 8.77. The number of anilines is 2. The maximum atomic E-state index is 11.5. The molecule has 0 radical (unpaired) electrons. The molecule has 4 aromatic rings.